The van der Waals surface area contributed by atoms with Gasteiger partial charge in [-0.2, -0.15) is 0 Å². The fourth-order valence-corrected chi connectivity index (χ4v) is 1.27. The summed E-state index contributed by atoms with van der Waals surface area (Å²) in [5.41, 5.74) is 0.989. The Labute approximate surface area is 96.6 Å². The van der Waals surface area contributed by atoms with Crippen molar-refractivity contribution in [3.63, 3.8) is 0 Å². The minimum atomic E-state index is 0.662. The van der Waals surface area contributed by atoms with Crippen LogP contribution in [0.1, 0.15) is 5.69 Å². The van der Waals surface area contributed by atoms with Crippen LogP contribution in [0, 0.1) is 0 Å². The van der Waals surface area contributed by atoms with Gasteiger partial charge in [0.2, 0.25) is 0 Å². The molecule has 1 aromatic heterocycles. The van der Waals surface area contributed by atoms with Crippen LogP contribution in [0.3, 0.4) is 0 Å². The monoisotopic (exact) mass is 221 g/mol. The standard InChI is InChI=1S/C11H19N5/c1-12-11(13-2)14-8-9-6-5-7-10(15-9)16(3)4/h5-7H,8H2,1-4H3,(H2,12,13,14). The summed E-state index contributed by atoms with van der Waals surface area (Å²) in [6.45, 7) is 0.662. The quantitative estimate of drug-likeness (QED) is 0.574. The molecule has 0 amide bonds. The van der Waals surface area contributed by atoms with Gasteiger partial charge in [0.15, 0.2) is 5.96 Å². The Morgan fingerprint density at radius 1 is 1.44 bits per heavy atom. The van der Waals surface area contributed by atoms with Gasteiger partial charge < -0.3 is 15.5 Å². The van der Waals surface area contributed by atoms with Crippen LogP contribution in [0.4, 0.5) is 5.82 Å². The lowest BCUT2D eigenvalue weighted by Gasteiger charge is -2.13. The first-order chi connectivity index (χ1) is 7.67. The summed E-state index contributed by atoms with van der Waals surface area (Å²) in [6.07, 6.45) is 0. The first-order valence-corrected chi connectivity index (χ1v) is 5.19. The summed E-state index contributed by atoms with van der Waals surface area (Å²) in [6, 6.07) is 5.97. The molecule has 5 heteroatoms. The van der Waals surface area contributed by atoms with E-state index in [1.807, 2.05) is 44.2 Å². The Morgan fingerprint density at radius 3 is 2.75 bits per heavy atom. The van der Waals surface area contributed by atoms with Gasteiger partial charge in [-0.05, 0) is 12.1 Å². The first-order valence-electron chi connectivity index (χ1n) is 5.19. The van der Waals surface area contributed by atoms with Gasteiger partial charge in [0.05, 0.1) is 12.2 Å². The SMILES string of the molecule is CN=C(NC)NCc1cccc(N(C)C)n1. The lowest BCUT2D eigenvalue weighted by Crippen LogP contribution is -2.34. The highest BCUT2D eigenvalue weighted by Crippen LogP contribution is 2.07. The predicted octanol–water partition coefficient (Wildman–Crippen LogP) is 0.442. The Kier molecular flexibility index (Phi) is 4.57. The number of guanidine groups is 1. The molecule has 0 bridgehead atoms. The molecule has 5 nitrogen and oxygen atoms in total. The Morgan fingerprint density at radius 2 is 2.19 bits per heavy atom. The van der Waals surface area contributed by atoms with Crippen LogP contribution in [0.25, 0.3) is 0 Å². The van der Waals surface area contributed by atoms with Crippen molar-refractivity contribution in [3.05, 3.63) is 23.9 Å². The number of aliphatic imine (C=N–C) groups is 1. The van der Waals surface area contributed by atoms with Crippen molar-refractivity contribution in [2.75, 3.05) is 33.1 Å². The Bertz CT molecular complexity index is 359. The smallest absolute Gasteiger partial charge is 0.191 e. The summed E-state index contributed by atoms with van der Waals surface area (Å²) in [5.74, 6) is 1.72. The number of hydrogen-bond acceptors (Lipinski definition) is 3. The number of nitrogens with zero attached hydrogens (tertiary/aromatic N) is 3. The number of nitrogens with one attached hydrogen (secondary N) is 2. The summed E-state index contributed by atoms with van der Waals surface area (Å²) in [4.78, 5) is 10.5. The third-order valence-corrected chi connectivity index (χ3v) is 2.15. The molecule has 0 radical (unpaired) electrons. The highest BCUT2D eigenvalue weighted by atomic mass is 15.2. The highest BCUT2D eigenvalue weighted by Gasteiger charge is 2.00. The third-order valence-electron chi connectivity index (χ3n) is 2.15. The number of hydrogen-bond donors (Lipinski definition) is 2. The molecule has 2 N–H and O–H groups in total. The molecule has 0 spiro atoms. The zero-order chi connectivity index (χ0) is 12.0. The summed E-state index contributed by atoms with van der Waals surface area (Å²) < 4.78 is 0. The van der Waals surface area contributed by atoms with E-state index >= 15 is 0 Å². The molecule has 88 valence electrons. The van der Waals surface area contributed by atoms with Gasteiger partial charge in [-0.1, -0.05) is 6.07 Å². The number of rotatable bonds is 3. The van der Waals surface area contributed by atoms with Crippen LogP contribution in [0.15, 0.2) is 23.2 Å². The molecular formula is C11H19N5. The predicted molar refractivity (Wildman–Crippen MR) is 67.8 cm³/mol. The molecular weight excluding hydrogens is 202 g/mol. The van der Waals surface area contributed by atoms with Gasteiger partial charge in [-0.15, -0.1) is 0 Å². The maximum atomic E-state index is 4.49. The molecule has 16 heavy (non-hydrogen) atoms. The highest BCUT2D eigenvalue weighted by molar-refractivity contribution is 5.79. The molecule has 1 aromatic rings. The van der Waals surface area contributed by atoms with Gasteiger partial charge in [-0.25, -0.2) is 4.98 Å². The zero-order valence-corrected chi connectivity index (χ0v) is 10.3. The second kappa shape index (κ2) is 5.95. The van der Waals surface area contributed by atoms with Crippen molar-refractivity contribution in [3.8, 4) is 0 Å². The molecule has 0 aromatic carbocycles. The largest absolute Gasteiger partial charge is 0.363 e. The van der Waals surface area contributed by atoms with Crippen LogP contribution in [-0.2, 0) is 6.54 Å². The number of pyridine rings is 1. The molecule has 0 aliphatic carbocycles. The zero-order valence-electron chi connectivity index (χ0n) is 10.3. The Hall–Kier alpha value is -1.78. The van der Waals surface area contributed by atoms with Crippen molar-refractivity contribution in [1.29, 1.82) is 0 Å². The van der Waals surface area contributed by atoms with Gasteiger partial charge in [0.25, 0.3) is 0 Å². The summed E-state index contributed by atoms with van der Waals surface area (Å²) in [7, 11) is 7.53. The molecule has 0 aliphatic heterocycles. The van der Waals surface area contributed by atoms with Crippen LogP contribution >= 0.6 is 0 Å². The normalized spacial score (nSPS) is 11.1. The van der Waals surface area contributed by atoms with Crippen molar-refractivity contribution in [1.82, 2.24) is 15.6 Å². The number of anilines is 1. The fraction of sp³-hybridized carbons (Fsp3) is 0.455. The van der Waals surface area contributed by atoms with Crippen molar-refractivity contribution >= 4 is 11.8 Å². The average molecular weight is 221 g/mol. The van der Waals surface area contributed by atoms with Gasteiger partial charge in [-0.3, -0.25) is 4.99 Å². The minimum Gasteiger partial charge on any atom is -0.363 e. The van der Waals surface area contributed by atoms with E-state index in [0.717, 1.165) is 17.5 Å². The third kappa shape index (κ3) is 3.42. The lowest BCUT2D eigenvalue weighted by atomic mass is 10.3. The lowest BCUT2D eigenvalue weighted by molar-refractivity contribution is 0.833. The fourth-order valence-electron chi connectivity index (χ4n) is 1.27. The van der Waals surface area contributed by atoms with Crippen LogP contribution in [0.2, 0.25) is 0 Å². The van der Waals surface area contributed by atoms with E-state index in [1.165, 1.54) is 0 Å². The molecule has 0 aliphatic rings. The average Bonchev–Trinajstić information content (AvgIpc) is 2.31. The summed E-state index contributed by atoms with van der Waals surface area (Å²) >= 11 is 0. The van der Waals surface area contributed by atoms with E-state index in [0.29, 0.717) is 6.54 Å². The second-order valence-electron chi connectivity index (χ2n) is 3.56. The molecule has 0 saturated carbocycles. The van der Waals surface area contributed by atoms with E-state index in [9.17, 15) is 0 Å². The molecule has 1 rings (SSSR count). The topological polar surface area (TPSA) is 52.6 Å². The molecule has 0 saturated heterocycles. The van der Waals surface area contributed by atoms with Gasteiger partial charge in [0, 0.05) is 28.2 Å². The van der Waals surface area contributed by atoms with Gasteiger partial charge >= 0.3 is 0 Å². The minimum absolute atomic E-state index is 0.662. The first kappa shape index (κ1) is 12.3. The second-order valence-corrected chi connectivity index (χ2v) is 3.56. The van der Waals surface area contributed by atoms with E-state index < -0.39 is 0 Å². The molecule has 0 atom stereocenters. The molecule has 0 unspecified atom stereocenters. The molecule has 1 heterocycles. The Balaban J connectivity index is 2.64. The van der Waals surface area contributed by atoms with E-state index in [1.54, 1.807) is 7.05 Å². The summed E-state index contributed by atoms with van der Waals surface area (Å²) in [5, 5.41) is 6.12. The maximum Gasteiger partial charge on any atom is 0.191 e. The van der Waals surface area contributed by atoms with Crippen molar-refractivity contribution in [2.24, 2.45) is 4.99 Å². The van der Waals surface area contributed by atoms with E-state index in [-0.39, 0.29) is 0 Å². The van der Waals surface area contributed by atoms with Crippen LogP contribution in [0.5, 0.6) is 0 Å². The van der Waals surface area contributed by atoms with Gasteiger partial charge in [0.1, 0.15) is 5.82 Å². The van der Waals surface area contributed by atoms with Crippen molar-refractivity contribution < 1.29 is 0 Å². The molecule has 0 fully saturated rings. The van der Waals surface area contributed by atoms with Crippen molar-refractivity contribution in [2.45, 2.75) is 6.54 Å². The van der Waals surface area contributed by atoms with E-state index in [4.69, 9.17) is 0 Å². The van der Waals surface area contributed by atoms with Crippen LogP contribution in [-0.4, -0.2) is 39.1 Å². The maximum absolute atomic E-state index is 4.49. The number of aromatic nitrogens is 1. The van der Waals surface area contributed by atoms with Crippen LogP contribution < -0.4 is 15.5 Å². The van der Waals surface area contributed by atoms with E-state index in [2.05, 4.69) is 20.6 Å².